The first-order chi connectivity index (χ1) is 11.9. The molecule has 126 valence electrons. The molecule has 0 radical (unpaired) electrons. The predicted molar refractivity (Wildman–Crippen MR) is 111 cm³/mol. The molecule has 2 bridgehead atoms. The second-order valence-corrected chi connectivity index (χ2v) is 12.5. The Morgan fingerprint density at radius 3 is 1.71 bits per heavy atom. The van der Waals surface area contributed by atoms with Crippen molar-refractivity contribution >= 4 is 26.5 Å². The third-order valence-electron chi connectivity index (χ3n) is 5.81. The van der Waals surface area contributed by atoms with Gasteiger partial charge in [-0.15, -0.1) is 0 Å². The van der Waals surface area contributed by atoms with E-state index in [9.17, 15) is 0 Å². The fraction of sp³-hybridized carbons (Fsp3) is 0.455. The minimum atomic E-state index is -0.179. The highest BCUT2D eigenvalue weighted by atomic mass is 31.1. The number of fused-ring (bicyclic) bond motifs is 2. The van der Waals surface area contributed by atoms with Gasteiger partial charge in [-0.25, -0.2) is 0 Å². The molecule has 0 aromatic heterocycles. The van der Waals surface area contributed by atoms with Crippen LogP contribution in [0, 0.1) is 0 Å². The lowest BCUT2D eigenvalue weighted by molar-refractivity contribution is 0.556. The average molecular weight is 354 g/mol. The molecule has 2 heteroatoms. The monoisotopic (exact) mass is 354 g/mol. The zero-order chi connectivity index (χ0) is 16.2. The summed E-state index contributed by atoms with van der Waals surface area (Å²) in [5.74, 6) is 0. The van der Waals surface area contributed by atoms with Gasteiger partial charge in [0.15, 0.2) is 0 Å². The number of hydrogen-bond donors (Lipinski definition) is 0. The molecular weight excluding hydrogens is 326 g/mol. The first-order valence-electron chi connectivity index (χ1n) is 9.55. The van der Waals surface area contributed by atoms with Crippen LogP contribution in [0.5, 0.6) is 0 Å². The quantitative estimate of drug-likeness (QED) is 0.604. The molecule has 24 heavy (non-hydrogen) atoms. The second kappa shape index (κ2) is 8.12. The van der Waals surface area contributed by atoms with Gasteiger partial charge in [-0.05, 0) is 67.9 Å². The van der Waals surface area contributed by atoms with Gasteiger partial charge in [-0.3, -0.25) is 0 Å². The molecule has 2 aromatic carbocycles. The molecule has 2 unspecified atom stereocenters. The Hall–Kier alpha value is -0.700. The van der Waals surface area contributed by atoms with E-state index in [-0.39, 0.29) is 7.92 Å². The molecule has 2 aromatic rings. The molecular formula is C22H28P2. The van der Waals surface area contributed by atoms with Gasteiger partial charge in [0.05, 0.1) is 0 Å². The molecule has 0 saturated carbocycles. The van der Waals surface area contributed by atoms with Crippen LogP contribution < -0.4 is 10.6 Å². The van der Waals surface area contributed by atoms with Crippen LogP contribution in [-0.4, -0.2) is 23.6 Å². The zero-order valence-electron chi connectivity index (χ0n) is 14.5. The van der Waals surface area contributed by atoms with Gasteiger partial charge in [-0.2, -0.15) is 0 Å². The van der Waals surface area contributed by atoms with E-state index in [0.717, 1.165) is 11.3 Å². The van der Waals surface area contributed by atoms with Crippen LogP contribution in [-0.2, 0) is 0 Å². The van der Waals surface area contributed by atoms with Gasteiger partial charge < -0.3 is 0 Å². The van der Waals surface area contributed by atoms with Crippen molar-refractivity contribution in [3.05, 3.63) is 60.7 Å². The molecule has 2 saturated heterocycles. The van der Waals surface area contributed by atoms with Crippen LogP contribution in [0.25, 0.3) is 0 Å². The van der Waals surface area contributed by atoms with Gasteiger partial charge in [0.25, 0.3) is 0 Å². The number of benzene rings is 2. The molecule has 0 N–H and O–H groups in total. The highest BCUT2D eigenvalue weighted by Gasteiger charge is 2.36. The van der Waals surface area contributed by atoms with Crippen molar-refractivity contribution in [3.63, 3.8) is 0 Å². The summed E-state index contributed by atoms with van der Waals surface area (Å²) in [6.45, 7) is 0. The van der Waals surface area contributed by atoms with Crippen molar-refractivity contribution in [2.45, 2.75) is 49.8 Å². The van der Waals surface area contributed by atoms with Gasteiger partial charge in [-0.1, -0.05) is 81.4 Å². The van der Waals surface area contributed by atoms with Gasteiger partial charge in [0, 0.05) is 0 Å². The summed E-state index contributed by atoms with van der Waals surface area (Å²) in [4.78, 5) is 0. The lowest BCUT2D eigenvalue weighted by atomic mass is 10.0. The van der Waals surface area contributed by atoms with E-state index in [1.54, 1.807) is 23.5 Å². The molecule has 2 aliphatic rings. The zero-order valence-corrected chi connectivity index (χ0v) is 16.3. The van der Waals surface area contributed by atoms with Gasteiger partial charge >= 0.3 is 0 Å². The van der Waals surface area contributed by atoms with E-state index in [1.165, 1.54) is 38.0 Å². The fourth-order valence-electron chi connectivity index (χ4n) is 4.60. The first kappa shape index (κ1) is 16.8. The van der Waals surface area contributed by atoms with Crippen molar-refractivity contribution in [3.8, 4) is 0 Å². The van der Waals surface area contributed by atoms with Crippen LogP contribution in [0.1, 0.15) is 38.5 Å². The molecule has 0 amide bonds. The minimum absolute atomic E-state index is 0.179. The summed E-state index contributed by atoms with van der Waals surface area (Å²) in [5, 5.41) is 3.13. The summed E-state index contributed by atoms with van der Waals surface area (Å²) >= 11 is 0. The third-order valence-corrected chi connectivity index (χ3v) is 12.3. The molecule has 4 rings (SSSR count). The molecule has 2 fully saturated rings. The summed E-state index contributed by atoms with van der Waals surface area (Å²) < 4.78 is 0. The Balaban J connectivity index is 1.52. The smallest absolute Gasteiger partial charge is 0.0195 e. The predicted octanol–water partition coefficient (Wildman–Crippen LogP) is 5.71. The van der Waals surface area contributed by atoms with Crippen LogP contribution in [0.3, 0.4) is 0 Å². The van der Waals surface area contributed by atoms with E-state index >= 15 is 0 Å². The first-order valence-corrected chi connectivity index (χ1v) is 12.7. The highest BCUT2D eigenvalue weighted by molar-refractivity contribution is 7.74. The van der Waals surface area contributed by atoms with Crippen molar-refractivity contribution in [1.82, 2.24) is 0 Å². The van der Waals surface area contributed by atoms with Crippen LogP contribution >= 0.6 is 15.8 Å². The van der Waals surface area contributed by atoms with Crippen molar-refractivity contribution < 1.29 is 0 Å². The summed E-state index contributed by atoms with van der Waals surface area (Å²) in [6, 6.07) is 22.6. The van der Waals surface area contributed by atoms with Crippen molar-refractivity contribution in [1.29, 1.82) is 0 Å². The van der Waals surface area contributed by atoms with Crippen molar-refractivity contribution in [2.75, 3.05) is 12.3 Å². The van der Waals surface area contributed by atoms with E-state index in [4.69, 9.17) is 0 Å². The van der Waals surface area contributed by atoms with Crippen LogP contribution in [0.4, 0.5) is 0 Å². The van der Waals surface area contributed by atoms with E-state index in [0.29, 0.717) is 7.92 Å². The van der Waals surface area contributed by atoms with Gasteiger partial charge in [0.1, 0.15) is 0 Å². The standard InChI is InChI=1S/C22H28P2/c1-3-9-19(10-4-1)23(20-11-5-2-6-12-20)17-18-24-21-13-7-8-14-22(24)16-15-21/h1-6,9-12,21-22H,7-8,13-18H2. The summed E-state index contributed by atoms with van der Waals surface area (Å²) in [6.07, 6.45) is 12.1. The maximum atomic E-state index is 2.35. The van der Waals surface area contributed by atoms with E-state index in [2.05, 4.69) is 60.7 Å². The number of rotatable bonds is 5. The average Bonchev–Trinajstić information content (AvgIpc) is 2.89. The SMILES string of the molecule is c1ccc(P(CCP2C3CCCCC2CC3)c2ccccc2)cc1. The van der Waals surface area contributed by atoms with Gasteiger partial charge in [0.2, 0.25) is 0 Å². The summed E-state index contributed by atoms with van der Waals surface area (Å²) in [5.41, 5.74) is 2.21. The fourth-order valence-corrected chi connectivity index (χ4v) is 11.5. The molecule has 2 atom stereocenters. The van der Waals surface area contributed by atoms with E-state index in [1.807, 2.05) is 0 Å². The normalized spacial score (nSPS) is 26.5. The largest absolute Gasteiger partial charge is 0.1000 e. The Morgan fingerprint density at radius 1 is 0.708 bits per heavy atom. The van der Waals surface area contributed by atoms with Crippen LogP contribution in [0.15, 0.2) is 60.7 Å². The molecule has 2 heterocycles. The molecule has 0 aliphatic carbocycles. The Bertz CT molecular complexity index is 571. The van der Waals surface area contributed by atoms with Crippen molar-refractivity contribution in [2.24, 2.45) is 0 Å². The Labute approximate surface area is 149 Å². The molecule has 0 nitrogen and oxygen atoms in total. The van der Waals surface area contributed by atoms with E-state index < -0.39 is 0 Å². The highest BCUT2D eigenvalue weighted by Crippen LogP contribution is 2.61. The second-order valence-electron chi connectivity index (χ2n) is 7.23. The lowest BCUT2D eigenvalue weighted by Crippen LogP contribution is -2.16. The Morgan fingerprint density at radius 2 is 1.21 bits per heavy atom. The topological polar surface area (TPSA) is 0 Å². The molecule has 0 spiro atoms. The third kappa shape index (κ3) is 3.76. The lowest BCUT2D eigenvalue weighted by Gasteiger charge is -2.26. The molecule has 2 aliphatic heterocycles. The van der Waals surface area contributed by atoms with Crippen LogP contribution in [0.2, 0.25) is 0 Å². The maximum Gasteiger partial charge on any atom is -0.0195 e. The number of hydrogen-bond acceptors (Lipinski definition) is 0. The maximum absolute atomic E-state index is 2.35. The minimum Gasteiger partial charge on any atom is -0.1000 e. The summed E-state index contributed by atoms with van der Waals surface area (Å²) in [7, 11) is 0.115. The Kier molecular flexibility index (Phi) is 5.67.